The number of rotatable bonds is 6. The van der Waals surface area contributed by atoms with Gasteiger partial charge in [0.1, 0.15) is 5.69 Å². The monoisotopic (exact) mass is 286 g/mol. The highest BCUT2D eigenvalue weighted by Crippen LogP contribution is 2.15. The minimum atomic E-state index is -0.552. The Labute approximate surface area is 125 Å². The van der Waals surface area contributed by atoms with Crippen molar-refractivity contribution in [2.45, 2.75) is 32.4 Å². The van der Waals surface area contributed by atoms with Crippen LogP contribution < -0.4 is 5.32 Å². The molecule has 1 unspecified atom stereocenters. The molecule has 4 heteroatoms. The summed E-state index contributed by atoms with van der Waals surface area (Å²) in [5, 5.41) is 12.9. The van der Waals surface area contributed by atoms with E-state index < -0.39 is 6.10 Å². The smallest absolute Gasteiger partial charge is 0.267 e. The van der Waals surface area contributed by atoms with Crippen LogP contribution in [0.5, 0.6) is 0 Å². The maximum absolute atomic E-state index is 12.1. The summed E-state index contributed by atoms with van der Waals surface area (Å²) >= 11 is 0. The molecule has 2 aromatic rings. The van der Waals surface area contributed by atoms with E-state index in [2.05, 4.69) is 5.32 Å². The Morgan fingerprint density at radius 3 is 2.57 bits per heavy atom. The van der Waals surface area contributed by atoms with Crippen molar-refractivity contribution in [3.05, 3.63) is 59.9 Å². The van der Waals surface area contributed by atoms with E-state index in [1.165, 1.54) is 0 Å². The fourth-order valence-electron chi connectivity index (χ4n) is 2.29. The number of carbonyl (C=O) groups is 1. The van der Waals surface area contributed by atoms with E-state index in [9.17, 15) is 9.90 Å². The molecule has 0 radical (unpaired) electrons. The van der Waals surface area contributed by atoms with Crippen LogP contribution in [-0.4, -0.2) is 22.1 Å². The van der Waals surface area contributed by atoms with E-state index in [-0.39, 0.29) is 11.9 Å². The fraction of sp³-hybridized carbons (Fsp3) is 0.353. The van der Waals surface area contributed by atoms with Crippen LogP contribution in [0.1, 0.15) is 48.5 Å². The number of carbonyl (C=O) groups excluding carboxylic acids is 1. The number of nitrogens with one attached hydrogen (secondary N) is 1. The van der Waals surface area contributed by atoms with Crippen molar-refractivity contribution in [3.8, 4) is 0 Å². The van der Waals surface area contributed by atoms with Crippen LogP contribution in [0.15, 0.2) is 48.7 Å². The lowest BCUT2D eigenvalue weighted by Gasteiger charge is -2.14. The molecule has 2 N–H and O–H groups in total. The maximum Gasteiger partial charge on any atom is 0.267 e. The highest BCUT2D eigenvalue weighted by molar-refractivity contribution is 5.92. The second-order valence-corrected chi connectivity index (χ2v) is 5.37. The molecule has 0 aliphatic carbocycles. The number of aromatic nitrogens is 1. The normalized spacial score (nSPS) is 12.4. The quantitative estimate of drug-likeness (QED) is 0.858. The van der Waals surface area contributed by atoms with Gasteiger partial charge in [0.15, 0.2) is 0 Å². The molecule has 0 spiro atoms. The first kappa shape index (κ1) is 15.3. The lowest BCUT2D eigenvalue weighted by molar-refractivity contribution is 0.0932. The number of benzene rings is 1. The van der Waals surface area contributed by atoms with Crippen LogP contribution in [0.4, 0.5) is 0 Å². The van der Waals surface area contributed by atoms with Crippen molar-refractivity contribution in [2.24, 2.45) is 0 Å². The third kappa shape index (κ3) is 3.95. The van der Waals surface area contributed by atoms with Gasteiger partial charge in [0.05, 0.1) is 6.10 Å². The highest BCUT2D eigenvalue weighted by Gasteiger charge is 2.13. The summed E-state index contributed by atoms with van der Waals surface area (Å²) in [6.07, 6.45) is 1.85. The Bertz CT molecular complexity index is 575. The lowest BCUT2D eigenvalue weighted by atomic mass is 10.1. The Morgan fingerprint density at radius 2 is 1.90 bits per heavy atom. The molecule has 1 aromatic heterocycles. The van der Waals surface area contributed by atoms with Gasteiger partial charge >= 0.3 is 0 Å². The highest BCUT2D eigenvalue weighted by atomic mass is 16.3. The topological polar surface area (TPSA) is 54.3 Å². The zero-order valence-corrected chi connectivity index (χ0v) is 12.5. The Hall–Kier alpha value is -2.07. The molecular weight excluding hydrogens is 264 g/mol. The predicted molar refractivity (Wildman–Crippen MR) is 83.2 cm³/mol. The molecule has 1 heterocycles. The minimum Gasteiger partial charge on any atom is -0.388 e. The molecule has 0 aliphatic rings. The average Bonchev–Trinajstić information content (AvgIpc) is 2.97. The van der Waals surface area contributed by atoms with Crippen LogP contribution >= 0.6 is 0 Å². The second-order valence-electron chi connectivity index (χ2n) is 5.37. The molecule has 0 saturated carbocycles. The average molecular weight is 286 g/mol. The lowest BCUT2D eigenvalue weighted by Crippen LogP contribution is -2.28. The van der Waals surface area contributed by atoms with Crippen molar-refractivity contribution in [2.75, 3.05) is 6.54 Å². The van der Waals surface area contributed by atoms with Crippen molar-refractivity contribution >= 4 is 5.91 Å². The van der Waals surface area contributed by atoms with Crippen molar-refractivity contribution in [1.82, 2.24) is 9.88 Å². The molecule has 0 aliphatic heterocycles. The molecule has 0 saturated heterocycles. The fourth-order valence-corrected chi connectivity index (χ4v) is 2.29. The van der Waals surface area contributed by atoms with E-state index >= 15 is 0 Å². The molecule has 2 rings (SSSR count). The van der Waals surface area contributed by atoms with E-state index in [1.54, 1.807) is 0 Å². The van der Waals surface area contributed by atoms with Gasteiger partial charge in [0.2, 0.25) is 0 Å². The Kier molecular flexibility index (Phi) is 5.17. The molecule has 0 fully saturated rings. The summed E-state index contributed by atoms with van der Waals surface area (Å²) in [4.78, 5) is 12.1. The molecule has 1 amide bonds. The third-order valence-corrected chi connectivity index (χ3v) is 3.46. The molecule has 21 heavy (non-hydrogen) atoms. The van der Waals surface area contributed by atoms with Gasteiger partial charge in [-0.05, 0) is 38.0 Å². The van der Waals surface area contributed by atoms with Crippen molar-refractivity contribution in [3.63, 3.8) is 0 Å². The standard InChI is InChI=1S/C17H22N2O2/c1-13(2)19-12-6-9-15(19)17(21)18-11-10-16(20)14-7-4-3-5-8-14/h3-9,12-13,16,20H,10-11H2,1-2H3,(H,18,21). The first-order valence-corrected chi connectivity index (χ1v) is 7.27. The zero-order valence-electron chi connectivity index (χ0n) is 12.5. The second kappa shape index (κ2) is 7.09. The maximum atomic E-state index is 12.1. The van der Waals surface area contributed by atoms with Gasteiger partial charge in [-0.15, -0.1) is 0 Å². The van der Waals surface area contributed by atoms with Crippen LogP contribution in [0.25, 0.3) is 0 Å². The summed E-state index contributed by atoms with van der Waals surface area (Å²) < 4.78 is 1.93. The van der Waals surface area contributed by atoms with Crippen LogP contribution in [0.2, 0.25) is 0 Å². The van der Waals surface area contributed by atoms with E-state index in [0.717, 1.165) is 5.56 Å². The molecular formula is C17H22N2O2. The Morgan fingerprint density at radius 1 is 1.19 bits per heavy atom. The van der Waals surface area contributed by atoms with Gasteiger partial charge in [-0.1, -0.05) is 30.3 Å². The molecule has 112 valence electrons. The molecule has 0 bridgehead atoms. The van der Waals surface area contributed by atoms with Crippen molar-refractivity contribution in [1.29, 1.82) is 0 Å². The largest absolute Gasteiger partial charge is 0.388 e. The Balaban J connectivity index is 1.86. The van der Waals surface area contributed by atoms with E-state index in [0.29, 0.717) is 18.7 Å². The molecule has 4 nitrogen and oxygen atoms in total. The van der Waals surface area contributed by atoms with Crippen LogP contribution in [0.3, 0.4) is 0 Å². The first-order valence-electron chi connectivity index (χ1n) is 7.27. The summed E-state index contributed by atoms with van der Waals surface area (Å²) in [7, 11) is 0. The number of aliphatic hydroxyl groups is 1. The number of nitrogens with zero attached hydrogens (tertiary/aromatic N) is 1. The van der Waals surface area contributed by atoms with E-state index in [1.807, 2.05) is 67.1 Å². The molecule has 1 aromatic carbocycles. The number of hydrogen-bond donors (Lipinski definition) is 2. The number of hydrogen-bond acceptors (Lipinski definition) is 2. The summed E-state index contributed by atoms with van der Waals surface area (Å²) in [6, 6.07) is 13.4. The minimum absolute atomic E-state index is 0.103. The van der Waals surface area contributed by atoms with Gasteiger partial charge in [-0.2, -0.15) is 0 Å². The van der Waals surface area contributed by atoms with Gasteiger partial charge in [-0.25, -0.2) is 0 Å². The zero-order chi connectivity index (χ0) is 15.2. The van der Waals surface area contributed by atoms with Crippen LogP contribution in [0, 0.1) is 0 Å². The van der Waals surface area contributed by atoms with Gasteiger partial charge < -0.3 is 15.0 Å². The number of aliphatic hydroxyl groups excluding tert-OH is 1. The van der Waals surface area contributed by atoms with Crippen LogP contribution in [-0.2, 0) is 0 Å². The van der Waals surface area contributed by atoms with Crippen molar-refractivity contribution < 1.29 is 9.90 Å². The summed E-state index contributed by atoms with van der Waals surface area (Å²) in [5.74, 6) is -0.103. The van der Waals surface area contributed by atoms with Gasteiger partial charge in [0, 0.05) is 18.8 Å². The SMILES string of the molecule is CC(C)n1cccc1C(=O)NCCC(O)c1ccccc1. The summed E-state index contributed by atoms with van der Waals surface area (Å²) in [5.41, 5.74) is 1.52. The van der Waals surface area contributed by atoms with E-state index in [4.69, 9.17) is 0 Å². The van der Waals surface area contributed by atoms with Gasteiger partial charge in [-0.3, -0.25) is 4.79 Å². The first-order chi connectivity index (χ1) is 10.1. The number of amides is 1. The molecule has 1 atom stereocenters. The summed E-state index contributed by atoms with van der Waals surface area (Å²) in [6.45, 7) is 4.52. The van der Waals surface area contributed by atoms with Gasteiger partial charge in [0.25, 0.3) is 5.91 Å². The predicted octanol–water partition coefficient (Wildman–Crippen LogP) is 2.92. The third-order valence-electron chi connectivity index (χ3n) is 3.46.